The predicted molar refractivity (Wildman–Crippen MR) is 81.5 cm³/mol. The Morgan fingerprint density at radius 3 is 2.30 bits per heavy atom. The average Bonchev–Trinajstić information content (AvgIpc) is 2.48. The Morgan fingerprint density at radius 1 is 0.850 bits per heavy atom. The first-order chi connectivity index (χ1) is 9.74. The summed E-state index contributed by atoms with van der Waals surface area (Å²) in [6.45, 7) is 0. The summed E-state index contributed by atoms with van der Waals surface area (Å²) >= 11 is 1.64. The maximum atomic E-state index is 10.8. The minimum absolute atomic E-state index is 0.312. The monoisotopic (exact) mass is 280 g/mol. The van der Waals surface area contributed by atoms with Crippen molar-refractivity contribution >= 4 is 28.5 Å². The van der Waals surface area contributed by atoms with E-state index in [1.165, 1.54) is 15.7 Å². The normalized spacial score (nSPS) is 10.6. The van der Waals surface area contributed by atoms with Crippen molar-refractivity contribution in [2.45, 2.75) is 9.79 Å². The molecule has 3 aromatic rings. The number of benzene rings is 3. The highest BCUT2D eigenvalue weighted by atomic mass is 32.2. The number of carboxylic acids is 1. The minimum atomic E-state index is -0.897. The highest BCUT2D eigenvalue weighted by Crippen LogP contribution is 2.33. The molecular weight excluding hydrogens is 268 g/mol. The molecule has 0 aliphatic heterocycles. The van der Waals surface area contributed by atoms with Crippen LogP contribution in [0, 0.1) is 0 Å². The third-order valence-electron chi connectivity index (χ3n) is 3.08. The summed E-state index contributed by atoms with van der Waals surface area (Å²) in [5, 5.41) is 11.3. The third-order valence-corrected chi connectivity index (χ3v) is 4.16. The molecule has 3 aromatic carbocycles. The lowest BCUT2D eigenvalue weighted by atomic mass is 10.1. The van der Waals surface area contributed by atoms with Crippen LogP contribution in [0.4, 0.5) is 0 Å². The van der Waals surface area contributed by atoms with Gasteiger partial charge in [0.05, 0.1) is 5.56 Å². The third kappa shape index (κ3) is 2.53. The summed E-state index contributed by atoms with van der Waals surface area (Å²) in [4.78, 5) is 13.0. The molecule has 98 valence electrons. The first kappa shape index (κ1) is 12.8. The molecule has 0 aliphatic carbocycles. The summed E-state index contributed by atoms with van der Waals surface area (Å²) in [6.07, 6.45) is 0. The van der Waals surface area contributed by atoms with E-state index in [4.69, 9.17) is 5.11 Å². The van der Waals surface area contributed by atoms with Crippen LogP contribution in [0.2, 0.25) is 0 Å². The quantitative estimate of drug-likeness (QED) is 0.756. The molecule has 0 aromatic heterocycles. The Labute approximate surface area is 121 Å². The van der Waals surface area contributed by atoms with Crippen LogP contribution in [0.15, 0.2) is 76.5 Å². The van der Waals surface area contributed by atoms with Gasteiger partial charge in [-0.2, -0.15) is 0 Å². The highest BCUT2D eigenvalue weighted by molar-refractivity contribution is 7.99. The van der Waals surface area contributed by atoms with E-state index in [0.29, 0.717) is 5.56 Å². The Bertz CT molecular complexity index is 758. The molecule has 3 heteroatoms. The first-order valence-corrected chi connectivity index (χ1v) is 7.05. The maximum Gasteiger partial charge on any atom is 0.335 e. The number of rotatable bonds is 3. The molecule has 0 unspecified atom stereocenters. The molecule has 0 saturated carbocycles. The topological polar surface area (TPSA) is 37.3 Å². The molecule has 0 aliphatic rings. The lowest BCUT2D eigenvalue weighted by Crippen LogP contribution is -1.94. The number of aromatic carboxylic acids is 1. The van der Waals surface area contributed by atoms with Crippen LogP contribution >= 0.6 is 11.8 Å². The zero-order valence-electron chi connectivity index (χ0n) is 10.6. The van der Waals surface area contributed by atoms with Crippen LogP contribution in [0.1, 0.15) is 10.4 Å². The number of carboxylic acid groups (broad SMARTS) is 1. The van der Waals surface area contributed by atoms with Crippen LogP contribution in [0.5, 0.6) is 0 Å². The van der Waals surface area contributed by atoms with Gasteiger partial charge in [-0.15, -0.1) is 0 Å². The van der Waals surface area contributed by atoms with Gasteiger partial charge in [-0.1, -0.05) is 48.2 Å². The van der Waals surface area contributed by atoms with Crippen molar-refractivity contribution in [3.63, 3.8) is 0 Å². The van der Waals surface area contributed by atoms with E-state index in [1.54, 1.807) is 23.9 Å². The van der Waals surface area contributed by atoms with Crippen molar-refractivity contribution in [1.82, 2.24) is 0 Å². The van der Waals surface area contributed by atoms with E-state index in [0.717, 1.165) is 4.90 Å². The van der Waals surface area contributed by atoms with Gasteiger partial charge in [0.25, 0.3) is 0 Å². The van der Waals surface area contributed by atoms with Gasteiger partial charge in [0, 0.05) is 9.79 Å². The lowest BCUT2D eigenvalue weighted by Gasteiger charge is -2.06. The number of fused-ring (bicyclic) bond motifs is 1. The molecule has 0 heterocycles. The van der Waals surface area contributed by atoms with E-state index >= 15 is 0 Å². The molecule has 0 bridgehead atoms. The summed E-state index contributed by atoms with van der Waals surface area (Å²) in [7, 11) is 0. The smallest absolute Gasteiger partial charge is 0.335 e. The summed E-state index contributed by atoms with van der Waals surface area (Å²) < 4.78 is 0. The maximum absolute atomic E-state index is 10.8. The molecule has 0 saturated heterocycles. The molecule has 0 radical (unpaired) electrons. The minimum Gasteiger partial charge on any atom is -0.478 e. The van der Waals surface area contributed by atoms with Crippen molar-refractivity contribution in [2.75, 3.05) is 0 Å². The number of carbonyl (C=O) groups is 1. The van der Waals surface area contributed by atoms with Gasteiger partial charge < -0.3 is 5.11 Å². The van der Waals surface area contributed by atoms with Crippen molar-refractivity contribution in [3.8, 4) is 0 Å². The average molecular weight is 280 g/mol. The second kappa shape index (κ2) is 5.39. The molecule has 0 amide bonds. The van der Waals surface area contributed by atoms with Crippen LogP contribution < -0.4 is 0 Å². The Kier molecular flexibility index (Phi) is 3.44. The Hall–Kier alpha value is -2.26. The fourth-order valence-corrected chi connectivity index (χ4v) is 3.05. The fraction of sp³-hybridized carbons (Fsp3) is 0. The number of hydrogen-bond donors (Lipinski definition) is 1. The summed E-state index contributed by atoms with van der Waals surface area (Å²) in [5.74, 6) is -0.897. The van der Waals surface area contributed by atoms with Gasteiger partial charge in [-0.25, -0.2) is 4.79 Å². The van der Waals surface area contributed by atoms with E-state index in [2.05, 4.69) is 24.3 Å². The van der Waals surface area contributed by atoms with Crippen LogP contribution in [-0.2, 0) is 0 Å². The largest absolute Gasteiger partial charge is 0.478 e. The standard InChI is InChI=1S/C17H12O2S/c18-17(19)13-8-10-14(11-9-13)20-16-7-3-5-12-4-1-2-6-15(12)16/h1-11H,(H,18,19). The highest BCUT2D eigenvalue weighted by Gasteiger charge is 2.05. The van der Waals surface area contributed by atoms with E-state index in [1.807, 2.05) is 30.3 Å². The molecular formula is C17H12O2S. The van der Waals surface area contributed by atoms with E-state index in [-0.39, 0.29) is 0 Å². The van der Waals surface area contributed by atoms with Gasteiger partial charge in [-0.05, 0) is 41.1 Å². The van der Waals surface area contributed by atoms with Gasteiger partial charge in [0.2, 0.25) is 0 Å². The zero-order valence-corrected chi connectivity index (χ0v) is 11.4. The van der Waals surface area contributed by atoms with Gasteiger partial charge in [0.1, 0.15) is 0 Å². The zero-order chi connectivity index (χ0) is 13.9. The molecule has 0 spiro atoms. The van der Waals surface area contributed by atoms with Crippen LogP contribution in [0.3, 0.4) is 0 Å². The van der Waals surface area contributed by atoms with Crippen molar-refractivity contribution in [2.24, 2.45) is 0 Å². The molecule has 3 rings (SSSR count). The molecule has 20 heavy (non-hydrogen) atoms. The van der Waals surface area contributed by atoms with Crippen molar-refractivity contribution < 1.29 is 9.90 Å². The van der Waals surface area contributed by atoms with E-state index in [9.17, 15) is 4.79 Å². The Balaban J connectivity index is 1.95. The van der Waals surface area contributed by atoms with Crippen LogP contribution in [-0.4, -0.2) is 11.1 Å². The lowest BCUT2D eigenvalue weighted by molar-refractivity contribution is 0.0697. The van der Waals surface area contributed by atoms with Gasteiger partial charge in [0.15, 0.2) is 0 Å². The predicted octanol–water partition coefficient (Wildman–Crippen LogP) is 4.69. The molecule has 1 N–H and O–H groups in total. The summed E-state index contributed by atoms with van der Waals surface area (Å²) in [6, 6.07) is 21.4. The van der Waals surface area contributed by atoms with Gasteiger partial charge in [-0.3, -0.25) is 0 Å². The SMILES string of the molecule is O=C(O)c1ccc(Sc2cccc3ccccc23)cc1. The second-order valence-corrected chi connectivity index (χ2v) is 5.52. The fourth-order valence-electron chi connectivity index (χ4n) is 2.08. The van der Waals surface area contributed by atoms with Crippen LogP contribution in [0.25, 0.3) is 10.8 Å². The molecule has 0 atom stereocenters. The Morgan fingerprint density at radius 2 is 1.55 bits per heavy atom. The van der Waals surface area contributed by atoms with Crippen molar-refractivity contribution in [3.05, 3.63) is 72.3 Å². The second-order valence-electron chi connectivity index (χ2n) is 4.41. The molecule has 0 fully saturated rings. The van der Waals surface area contributed by atoms with Crippen molar-refractivity contribution in [1.29, 1.82) is 0 Å². The number of hydrogen-bond acceptors (Lipinski definition) is 2. The first-order valence-electron chi connectivity index (χ1n) is 6.23. The van der Waals surface area contributed by atoms with E-state index < -0.39 is 5.97 Å². The summed E-state index contributed by atoms with van der Waals surface area (Å²) in [5.41, 5.74) is 0.312. The molecule has 2 nitrogen and oxygen atoms in total. The van der Waals surface area contributed by atoms with Gasteiger partial charge >= 0.3 is 5.97 Å².